The van der Waals surface area contributed by atoms with E-state index in [2.05, 4.69) is 5.32 Å². The predicted molar refractivity (Wildman–Crippen MR) is 77.5 cm³/mol. The molecule has 5 nitrogen and oxygen atoms in total. The molecule has 0 spiro atoms. The quantitative estimate of drug-likeness (QED) is 0.733. The van der Waals surface area contributed by atoms with Gasteiger partial charge in [-0.1, -0.05) is 25.1 Å². The fourth-order valence-corrected chi connectivity index (χ4v) is 5.16. The van der Waals surface area contributed by atoms with Gasteiger partial charge >= 0.3 is 0 Å². The minimum atomic E-state index is -2.90. The maximum absolute atomic E-state index is 12.3. The molecular weight excluding hydrogens is 284 g/mol. The van der Waals surface area contributed by atoms with Gasteiger partial charge in [-0.3, -0.25) is 4.79 Å². The second kappa shape index (κ2) is 5.36. The van der Waals surface area contributed by atoms with Gasteiger partial charge in [0.1, 0.15) is 0 Å². The Bertz CT molecular complexity index is 481. The molecule has 7 heteroatoms. The molecular formula is C12H20N2O3S2. The summed E-state index contributed by atoms with van der Waals surface area (Å²) in [5, 5.41) is 2.86. The molecule has 108 valence electrons. The van der Waals surface area contributed by atoms with E-state index in [1.807, 2.05) is 0 Å². The Morgan fingerprint density at radius 2 is 2.00 bits per heavy atom. The van der Waals surface area contributed by atoms with Crippen LogP contribution in [0.3, 0.4) is 0 Å². The predicted octanol–water partition coefficient (Wildman–Crippen LogP) is 0.384. The molecule has 0 aromatic heterocycles. The van der Waals surface area contributed by atoms with Crippen LogP contribution in [0.4, 0.5) is 0 Å². The summed E-state index contributed by atoms with van der Waals surface area (Å²) in [5.74, 6) is 0.307. The van der Waals surface area contributed by atoms with Gasteiger partial charge in [-0.2, -0.15) is 0 Å². The van der Waals surface area contributed by atoms with Crippen LogP contribution >= 0.6 is 12.2 Å². The topological polar surface area (TPSA) is 89.3 Å². The van der Waals surface area contributed by atoms with Gasteiger partial charge < -0.3 is 11.1 Å². The number of sulfone groups is 1. The van der Waals surface area contributed by atoms with Crippen molar-refractivity contribution in [3.8, 4) is 0 Å². The van der Waals surface area contributed by atoms with Crippen molar-refractivity contribution >= 4 is 33.0 Å². The lowest BCUT2D eigenvalue weighted by Crippen LogP contribution is -2.48. The van der Waals surface area contributed by atoms with Crippen molar-refractivity contribution in [2.75, 3.05) is 18.1 Å². The lowest BCUT2D eigenvalue weighted by Gasteiger charge is -2.26. The van der Waals surface area contributed by atoms with Gasteiger partial charge in [0.2, 0.25) is 5.91 Å². The van der Waals surface area contributed by atoms with E-state index in [4.69, 9.17) is 18.0 Å². The van der Waals surface area contributed by atoms with Crippen molar-refractivity contribution in [3.05, 3.63) is 0 Å². The van der Waals surface area contributed by atoms with Crippen LogP contribution in [0.15, 0.2) is 0 Å². The second-order valence-electron chi connectivity index (χ2n) is 5.63. The summed E-state index contributed by atoms with van der Waals surface area (Å²) in [6, 6.07) is 0. The Hall–Kier alpha value is -0.690. The third-order valence-corrected chi connectivity index (χ3v) is 6.47. The Balaban J connectivity index is 1.92. The summed E-state index contributed by atoms with van der Waals surface area (Å²) in [6.45, 7) is 0.405. The van der Waals surface area contributed by atoms with E-state index >= 15 is 0 Å². The first-order valence-electron chi connectivity index (χ1n) is 6.64. The van der Waals surface area contributed by atoms with Crippen molar-refractivity contribution in [2.24, 2.45) is 17.1 Å². The van der Waals surface area contributed by atoms with E-state index in [0.717, 1.165) is 12.8 Å². The zero-order valence-corrected chi connectivity index (χ0v) is 12.5. The lowest BCUT2D eigenvalue weighted by atomic mass is 9.85. The minimum absolute atomic E-state index is 0.0266. The van der Waals surface area contributed by atoms with Crippen LogP contribution in [0.2, 0.25) is 0 Å². The van der Waals surface area contributed by atoms with E-state index in [9.17, 15) is 13.2 Å². The third-order valence-electron chi connectivity index (χ3n) is 4.24. The fraction of sp³-hybridized carbons (Fsp3) is 0.833. The number of carbonyl (C=O) groups is 1. The molecule has 0 radical (unpaired) electrons. The van der Waals surface area contributed by atoms with Crippen molar-refractivity contribution in [1.29, 1.82) is 0 Å². The largest absolute Gasteiger partial charge is 0.392 e. The molecule has 0 aromatic rings. The Labute approximate surface area is 119 Å². The van der Waals surface area contributed by atoms with E-state index in [1.54, 1.807) is 0 Å². The summed E-state index contributed by atoms with van der Waals surface area (Å²) in [7, 11) is -2.90. The first-order chi connectivity index (χ1) is 8.86. The number of hydrogen-bond acceptors (Lipinski definition) is 4. The second-order valence-corrected chi connectivity index (χ2v) is 8.30. The minimum Gasteiger partial charge on any atom is -0.392 e. The van der Waals surface area contributed by atoms with Crippen molar-refractivity contribution in [3.63, 3.8) is 0 Å². The van der Waals surface area contributed by atoms with Crippen LogP contribution in [-0.4, -0.2) is 37.4 Å². The number of thiocarbonyl (C=S) groups is 1. The maximum Gasteiger partial charge on any atom is 0.233 e. The number of amides is 1. The third kappa shape index (κ3) is 3.08. The Kier molecular flexibility index (Phi) is 4.15. The van der Waals surface area contributed by atoms with Crippen LogP contribution in [0.25, 0.3) is 0 Å². The number of hydrogen-bond donors (Lipinski definition) is 2. The fourth-order valence-electron chi connectivity index (χ4n) is 3.00. The molecule has 19 heavy (non-hydrogen) atoms. The van der Waals surface area contributed by atoms with E-state index in [1.165, 1.54) is 0 Å². The highest BCUT2D eigenvalue weighted by Gasteiger charge is 2.44. The summed E-state index contributed by atoms with van der Waals surface area (Å²) >= 11 is 5.05. The molecule has 0 aromatic carbocycles. The van der Waals surface area contributed by atoms with Crippen LogP contribution < -0.4 is 11.1 Å². The van der Waals surface area contributed by atoms with E-state index in [-0.39, 0.29) is 28.3 Å². The Morgan fingerprint density at radius 3 is 2.47 bits per heavy atom. The summed E-state index contributed by atoms with van der Waals surface area (Å²) in [5.41, 5.74) is 5.03. The molecule has 1 aliphatic heterocycles. The van der Waals surface area contributed by atoms with Crippen molar-refractivity contribution in [2.45, 2.75) is 32.1 Å². The average Bonchev–Trinajstić information content (AvgIpc) is 2.93. The van der Waals surface area contributed by atoms with Gasteiger partial charge in [0.25, 0.3) is 0 Å². The molecule has 1 saturated heterocycles. The molecule has 3 N–H and O–H groups in total. The van der Waals surface area contributed by atoms with Crippen LogP contribution in [0.1, 0.15) is 32.1 Å². The summed E-state index contributed by atoms with van der Waals surface area (Å²) in [4.78, 5) is 12.6. The maximum atomic E-state index is 12.3. The van der Waals surface area contributed by atoms with Gasteiger partial charge in [-0.25, -0.2) is 8.42 Å². The molecule has 0 bridgehead atoms. The van der Waals surface area contributed by atoms with Crippen molar-refractivity contribution in [1.82, 2.24) is 5.32 Å². The smallest absolute Gasteiger partial charge is 0.233 e. The van der Waals surface area contributed by atoms with Crippen LogP contribution in [-0.2, 0) is 14.6 Å². The molecule has 1 aliphatic carbocycles. The molecule has 1 atom stereocenters. The van der Waals surface area contributed by atoms with E-state index in [0.29, 0.717) is 25.8 Å². The number of carbonyl (C=O) groups excluding carboxylic acids is 1. The number of rotatable bonds is 4. The SMILES string of the molecule is NC(=S)C1(C(=O)NCC2CCS(=O)(=O)C2)CCCC1. The first-order valence-corrected chi connectivity index (χ1v) is 8.87. The summed E-state index contributed by atoms with van der Waals surface area (Å²) in [6.07, 6.45) is 3.96. The molecule has 2 fully saturated rings. The van der Waals surface area contributed by atoms with Gasteiger partial charge in [0.15, 0.2) is 9.84 Å². The normalized spacial score (nSPS) is 28.1. The lowest BCUT2D eigenvalue weighted by molar-refractivity contribution is -0.127. The zero-order valence-electron chi connectivity index (χ0n) is 10.9. The standard InChI is InChI=1S/C12H20N2O3S2/c13-10(18)12(4-1-2-5-12)11(15)14-7-9-3-6-19(16,17)8-9/h9H,1-8H2,(H2,13,18)(H,14,15). The molecule has 1 amide bonds. The monoisotopic (exact) mass is 304 g/mol. The number of nitrogens with two attached hydrogens (primary N) is 1. The van der Waals surface area contributed by atoms with E-state index < -0.39 is 15.3 Å². The van der Waals surface area contributed by atoms with Crippen molar-refractivity contribution < 1.29 is 13.2 Å². The number of nitrogens with one attached hydrogen (secondary N) is 1. The highest BCUT2D eigenvalue weighted by molar-refractivity contribution is 7.91. The molecule has 2 aliphatic rings. The van der Waals surface area contributed by atoms with Gasteiger partial charge in [0.05, 0.1) is 21.9 Å². The van der Waals surface area contributed by atoms with Crippen LogP contribution in [0.5, 0.6) is 0 Å². The van der Waals surface area contributed by atoms with Gasteiger partial charge in [-0.05, 0) is 25.2 Å². The average molecular weight is 304 g/mol. The first kappa shape index (κ1) is 14.7. The molecule has 1 heterocycles. The van der Waals surface area contributed by atoms with Gasteiger partial charge in [0, 0.05) is 6.54 Å². The summed E-state index contributed by atoms with van der Waals surface area (Å²) < 4.78 is 22.7. The molecule has 1 saturated carbocycles. The Morgan fingerprint density at radius 1 is 1.37 bits per heavy atom. The molecule has 1 unspecified atom stereocenters. The molecule has 2 rings (SSSR count). The van der Waals surface area contributed by atoms with Gasteiger partial charge in [-0.15, -0.1) is 0 Å². The van der Waals surface area contributed by atoms with Crippen LogP contribution in [0, 0.1) is 11.3 Å². The zero-order chi connectivity index (χ0) is 14.1. The highest BCUT2D eigenvalue weighted by atomic mass is 32.2. The highest BCUT2D eigenvalue weighted by Crippen LogP contribution is 2.38.